The number of amides is 2. The van der Waals surface area contributed by atoms with E-state index in [1.54, 1.807) is 16.7 Å². The van der Waals surface area contributed by atoms with E-state index in [0.29, 0.717) is 23.0 Å². The van der Waals surface area contributed by atoms with Gasteiger partial charge in [0.15, 0.2) is 11.5 Å². The molecule has 1 aromatic heterocycles. The highest BCUT2D eigenvalue weighted by molar-refractivity contribution is 5.99. The molecule has 0 unspecified atom stereocenters. The van der Waals surface area contributed by atoms with Gasteiger partial charge < -0.3 is 24.3 Å². The molecule has 3 aromatic carbocycles. The highest BCUT2D eigenvalue weighted by Crippen LogP contribution is 2.32. The van der Waals surface area contributed by atoms with E-state index < -0.39 is 5.82 Å². The highest BCUT2D eigenvalue weighted by Gasteiger charge is 2.22. The van der Waals surface area contributed by atoms with Crippen molar-refractivity contribution < 1.29 is 23.5 Å². The van der Waals surface area contributed by atoms with Crippen LogP contribution in [-0.4, -0.2) is 34.7 Å². The SMILES string of the molecule is Cc1nc2ccccc2n1CC(=O)N(CC(=O)NCc1ccc2c(c1)OCO2)c1ccc(F)cc1. The fourth-order valence-corrected chi connectivity index (χ4v) is 4.01. The summed E-state index contributed by atoms with van der Waals surface area (Å²) in [4.78, 5) is 32.1. The predicted molar refractivity (Wildman–Crippen MR) is 128 cm³/mol. The van der Waals surface area contributed by atoms with Crippen molar-refractivity contribution in [2.45, 2.75) is 20.0 Å². The minimum atomic E-state index is -0.426. The molecule has 4 aromatic rings. The number of fused-ring (bicyclic) bond motifs is 2. The molecule has 1 N–H and O–H groups in total. The minimum Gasteiger partial charge on any atom is -0.454 e. The van der Waals surface area contributed by atoms with Crippen LogP contribution in [0, 0.1) is 12.7 Å². The van der Waals surface area contributed by atoms with Crippen LogP contribution < -0.4 is 19.7 Å². The molecule has 1 aliphatic heterocycles. The van der Waals surface area contributed by atoms with Crippen LogP contribution in [0.2, 0.25) is 0 Å². The van der Waals surface area contributed by atoms with E-state index in [2.05, 4.69) is 10.3 Å². The summed E-state index contributed by atoms with van der Waals surface area (Å²) in [6, 6.07) is 18.5. The van der Waals surface area contributed by atoms with Crippen LogP contribution in [0.15, 0.2) is 66.7 Å². The lowest BCUT2D eigenvalue weighted by atomic mass is 10.2. The first-order valence-corrected chi connectivity index (χ1v) is 11.1. The topological polar surface area (TPSA) is 85.7 Å². The number of nitrogens with one attached hydrogen (secondary N) is 1. The number of ether oxygens (including phenoxy) is 2. The maximum absolute atomic E-state index is 13.5. The van der Waals surface area contributed by atoms with Gasteiger partial charge in [0, 0.05) is 12.2 Å². The lowest BCUT2D eigenvalue weighted by Gasteiger charge is -2.23. The molecule has 0 radical (unpaired) electrons. The molecule has 2 heterocycles. The first kappa shape index (κ1) is 22.4. The summed E-state index contributed by atoms with van der Waals surface area (Å²) in [5, 5.41) is 2.83. The van der Waals surface area contributed by atoms with Gasteiger partial charge in [0.25, 0.3) is 0 Å². The normalized spacial score (nSPS) is 12.1. The van der Waals surface area contributed by atoms with Gasteiger partial charge in [-0.2, -0.15) is 0 Å². The number of aryl methyl sites for hydroxylation is 1. The monoisotopic (exact) mass is 474 g/mol. The number of carbonyl (C=O) groups excluding carboxylic acids is 2. The standard InChI is InChI=1S/C26H23FN4O4/c1-17-29-21-4-2-3-5-22(21)30(17)15-26(33)31(20-9-7-19(27)8-10-20)14-25(32)28-13-18-6-11-23-24(12-18)35-16-34-23/h2-12H,13-16H2,1H3,(H,28,32). The van der Waals surface area contributed by atoms with Crippen molar-refractivity contribution in [3.8, 4) is 11.5 Å². The van der Waals surface area contributed by atoms with Gasteiger partial charge >= 0.3 is 0 Å². The Morgan fingerprint density at radius 3 is 2.66 bits per heavy atom. The number of anilines is 1. The molecule has 0 bridgehead atoms. The van der Waals surface area contributed by atoms with Crippen molar-refractivity contribution in [1.82, 2.24) is 14.9 Å². The minimum absolute atomic E-state index is 0.0147. The number of halogens is 1. The molecule has 0 saturated carbocycles. The van der Waals surface area contributed by atoms with Crippen LogP contribution in [0.4, 0.5) is 10.1 Å². The maximum Gasteiger partial charge on any atom is 0.247 e. The molecule has 0 spiro atoms. The van der Waals surface area contributed by atoms with Gasteiger partial charge in [-0.25, -0.2) is 9.37 Å². The highest BCUT2D eigenvalue weighted by atomic mass is 19.1. The summed E-state index contributed by atoms with van der Waals surface area (Å²) < 4.78 is 26.0. The van der Waals surface area contributed by atoms with Crippen molar-refractivity contribution in [3.05, 3.63) is 83.9 Å². The van der Waals surface area contributed by atoms with Crippen LogP contribution in [0.3, 0.4) is 0 Å². The average molecular weight is 474 g/mol. The number of carbonyl (C=O) groups is 2. The third-order valence-electron chi connectivity index (χ3n) is 5.81. The molecular weight excluding hydrogens is 451 g/mol. The molecule has 35 heavy (non-hydrogen) atoms. The number of imidazole rings is 1. The zero-order valence-electron chi connectivity index (χ0n) is 19.0. The Bertz CT molecular complexity index is 1400. The summed E-state index contributed by atoms with van der Waals surface area (Å²) >= 11 is 0. The average Bonchev–Trinajstić information content (AvgIpc) is 3.45. The van der Waals surface area contributed by atoms with Crippen LogP contribution >= 0.6 is 0 Å². The number of nitrogens with zero attached hydrogens (tertiary/aromatic N) is 3. The Labute approximate surface area is 200 Å². The van der Waals surface area contributed by atoms with E-state index in [-0.39, 0.29) is 38.2 Å². The Kier molecular flexibility index (Phi) is 6.05. The molecule has 0 aliphatic carbocycles. The third-order valence-corrected chi connectivity index (χ3v) is 5.81. The molecule has 0 fully saturated rings. The van der Waals surface area contributed by atoms with E-state index >= 15 is 0 Å². The number of para-hydroxylation sites is 2. The van der Waals surface area contributed by atoms with Gasteiger partial charge in [0.1, 0.15) is 24.7 Å². The fraction of sp³-hybridized carbons (Fsp3) is 0.192. The molecule has 0 saturated heterocycles. The Morgan fingerprint density at radius 2 is 1.83 bits per heavy atom. The van der Waals surface area contributed by atoms with Crippen molar-refractivity contribution >= 4 is 28.5 Å². The zero-order chi connectivity index (χ0) is 24.4. The van der Waals surface area contributed by atoms with Crippen molar-refractivity contribution in [2.75, 3.05) is 18.2 Å². The molecule has 9 heteroatoms. The van der Waals surface area contributed by atoms with Gasteiger partial charge in [-0.15, -0.1) is 0 Å². The summed E-state index contributed by atoms with van der Waals surface area (Å²) in [6.07, 6.45) is 0. The van der Waals surface area contributed by atoms with E-state index in [0.717, 1.165) is 16.6 Å². The second-order valence-electron chi connectivity index (χ2n) is 8.15. The second kappa shape index (κ2) is 9.46. The Balaban J connectivity index is 1.33. The van der Waals surface area contributed by atoms with Crippen molar-refractivity contribution in [3.63, 3.8) is 0 Å². The quantitative estimate of drug-likeness (QED) is 0.443. The Hall–Kier alpha value is -4.40. The predicted octanol–water partition coefficient (Wildman–Crippen LogP) is 3.56. The Morgan fingerprint density at radius 1 is 1.06 bits per heavy atom. The lowest BCUT2D eigenvalue weighted by Crippen LogP contribution is -2.42. The zero-order valence-corrected chi connectivity index (χ0v) is 19.0. The maximum atomic E-state index is 13.5. The first-order valence-electron chi connectivity index (χ1n) is 11.1. The lowest BCUT2D eigenvalue weighted by molar-refractivity contribution is -0.124. The number of hydrogen-bond donors (Lipinski definition) is 1. The van der Waals surface area contributed by atoms with E-state index in [1.165, 1.54) is 29.2 Å². The largest absolute Gasteiger partial charge is 0.454 e. The van der Waals surface area contributed by atoms with Crippen LogP contribution in [-0.2, 0) is 22.7 Å². The van der Waals surface area contributed by atoms with Crippen molar-refractivity contribution in [1.29, 1.82) is 0 Å². The first-order chi connectivity index (χ1) is 17.0. The number of aromatic nitrogens is 2. The van der Waals surface area contributed by atoms with Gasteiger partial charge in [0.05, 0.1) is 11.0 Å². The van der Waals surface area contributed by atoms with E-state index in [4.69, 9.17) is 9.47 Å². The molecule has 5 rings (SSSR count). The van der Waals surface area contributed by atoms with E-state index in [1.807, 2.05) is 37.3 Å². The van der Waals surface area contributed by atoms with Gasteiger partial charge in [0.2, 0.25) is 18.6 Å². The van der Waals surface area contributed by atoms with Crippen molar-refractivity contribution in [2.24, 2.45) is 0 Å². The van der Waals surface area contributed by atoms with Crippen LogP contribution in [0.25, 0.3) is 11.0 Å². The third kappa shape index (κ3) is 4.79. The van der Waals surface area contributed by atoms with E-state index in [9.17, 15) is 14.0 Å². The van der Waals surface area contributed by atoms with Crippen LogP contribution in [0.5, 0.6) is 11.5 Å². The number of rotatable bonds is 7. The number of hydrogen-bond acceptors (Lipinski definition) is 5. The smallest absolute Gasteiger partial charge is 0.247 e. The van der Waals surface area contributed by atoms with Gasteiger partial charge in [-0.3, -0.25) is 9.59 Å². The summed E-state index contributed by atoms with van der Waals surface area (Å²) in [5.41, 5.74) is 2.87. The number of benzene rings is 3. The molecule has 2 amide bonds. The van der Waals surface area contributed by atoms with Crippen LogP contribution in [0.1, 0.15) is 11.4 Å². The molecule has 178 valence electrons. The summed E-state index contributed by atoms with van der Waals surface area (Å²) in [5.74, 6) is 0.877. The molecule has 0 atom stereocenters. The summed E-state index contributed by atoms with van der Waals surface area (Å²) in [6.45, 7) is 2.02. The summed E-state index contributed by atoms with van der Waals surface area (Å²) in [7, 11) is 0. The van der Waals surface area contributed by atoms with Gasteiger partial charge in [-0.05, 0) is 61.0 Å². The van der Waals surface area contributed by atoms with Gasteiger partial charge in [-0.1, -0.05) is 18.2 Å². The molecule has 1 aliphatic rings. The molecular formula is C26H23FN4O4. The fourth-order valence-electron chi connectivity index (χ4n) is 4.01. The molecule has 8 nitrogen and oxygen atoms in total. The second-order valence-corrected chi connectivity index (χ2v) is 8.15.